The number of imidazole rings is 1. The minimum Gasteiger partial charge on any atom is -0.386 e. The van der Waals surface area contributed by atoms with Crippen molar-refractivity contribution in [3.05, 3.63) is 42.6 Å². The highest BCUT2D eigenvalue weighted by Crippen LogP contribution is 2.22. The Bertz CT molecular complexity index is 582. The molecule has 0 radical (unpaired) electrons. The number of nitrogens with zero attached hydrogens (tertiary/aromatic N) is 4. The van der Waals surface area contributed by atoms with Crippen molar-refractivity contribution in [1.82, 2.24) is 19.4 Å². The molecule has 0 aromatic carbocycles. The molecule has 2 aromatic heterocycles. The maximum absolute atomic E-state index is 12.1. The van der Waals surface area contributed by atoms with E-state index in [2.05, 4.69) is 9.97 Å². The van der Waals surface area contributed by atoms with E-state index in [1.165, 1.54) is 0 Å². The summed E-state index contributed by atoms with van der Waals surface area (Å²) in [6, 6.07) is 3.50. The molecule has 2 aromatic rings. The summed E-state index contributed by atoms with van der Waals surface area (Å²) in [5.74, 6) is 0.612. The minimum absolute atomic E-state index is 0.101. The molecule has 1 fully saturated rings. The van der Waals surface area contributed by atoms with Gasteiger partial charge in [0.1, 0.15) is 12.1 Å². The molecule has 6 heteroatoms. The number of carbonyl (C=O) groups is 1. The molecule has 3 rings (SSSR count). The molecule has 1 aliphatic heterocycles. The second-order valence-electron chi connectivity index (χ2n) is 5.03. The molecule has 1 N–H and O–H groups in total. The summed E-state index contributed by atoms with van der Waals surface area (Å²) in [5.41, 5.74) is -0.223. The number of β-amino-alcohol motifs (C(OH)–C–C–N with tert-alkyl or cyclic N) is 1. The van der Waals surface area contributed by atoms with Gasteiger partial charge in [-0.25, -0.2) is 9.97 Å². The van der Waals surface area contributed by atoms with Gasteiger partial charge in [-0.15, -0.1) is 0 Å². The summed E-state index contributed by atoms with van der Waals surface area (Å²) < 4.78 is 1.77. The van der Waals surface area contributed by atoms with E-state index < -0.39 is 5.60 Å². The molecule has 98 valence electrons. The second-order valence-corrected chi connectivity index (χ2v) is 5.03. The maximum atomic E-state index is 12.1. The SMILES string of the molecule is CC1(O)CN(C(=O)c2ccc(-n3ccnc3)nc2)C1. The van der Waals surface area contributed by atoms with Gasteiger partial charge in [-0.1, -0.05) is 0 Å². The molecule has 0 aliphatic carbocycles. The Morgan fingerprint density at radius 2 is 2.21 bits per heavy atom. The van der Waals surface area contributed by atoms with Crippen molar-refractivity contribution in [2.45, 2.75) is 12.5 Å². The van der Waals surface area contributed by atoms with Crippen LogP contribution in [0.5, 0.6) is 0 Å². The van der Waals surface area contributed by atoms with Crippen LogP contribution in [0.15, 0.2) is 37.1 Å². The van der Waals surface area contributed by atoms with Crippen molar-refractivity contribution in [2.75, 3.05) is 13.1 Å². The number of aliphatic hydroxyl groups is 1. The normalized spacial score (nSPS) is 17.1. The Kier molecular flexibility index (Phi) is 2.60. The zero-order chi connectivity index (χ0) is 13.5. The highest BCUT2D eigenvalue weighted by molar-refractivity contribution is 5.94. The van der Waals surface area contributed by atoms with Crippen LogP contribution in [0.3, 0.4) is 0 Å². The van der Waals surface area contributed by atoms with Crippen LogP contribution in [0.2, 0.25) is 0 Å². The fourth-order valence-electron chi connectivity index (χ4n) is 2.16. The summed E-state index contributed by atoms with van der Waals surface area (Å²) in [6.07, 6.45) is 6.65. The van der Waals surface area contributed by atoms with Gasteiger partial charge in [-0.05, 0) is 19.1 Å². The van der Waals surface area contributed by atoms with Crippen LogP contribution in [-0.2, 0) is 0 Å². The lowest BCUT2D eigenvalue weighted by molar-refractivity contribution is -0.0668. The van der Waals surface area contributed by atoms with Crippen molar-refractivity contribution >= 4 is 5.91 Å². The Labute approximate surface area is 110 Å². The Morgan fingerprint density at radius 3 is 2.74 bits per heavy atom. The van der Waals surface area contributed by atoms with Gasteiger partial charge in [0.15, 0.2) is 0 Å². The maximum Gasteiger partial charge on any atom is 0.255 e. The highest BCUT2D eigenvalue weighted by atomic mass is 16.3. The fourth-order valence-corrected chi connectivity index (χ4v) is 2.16. The Balaban J connectivity index is 1.75. The van der Waals surface area contributed by atoms with Crippen molar-refractivity contribution in [2.24, 2.45) is 0 Å². The van der Waals surface area contributed by atoms with Crippen LogP contribution >= 0.6 is 0 Å². The molecule has 1 amide bonds. The van der Waals surface area contributed by atoms with Gasteiger partial charge >= 0.3 is 0 Å². The number of carbonyl (C=O) groups excluding carboxylic acids is 1. The molecule has 0 spiro atoms. The van der Waals surface area contributed by atoms with E-state index in [-0.39, 0.29) is 5.91 Å². The third-order valence-corrected chi connectivity index (χ3v) is 3.11. The molecule has 6 nitrogen and oxygen atoms in total. The van der Waals surface area contributed by atoms with Crippen molar-refractivity contribution in [1.29, 1.82) is 0 Å². The Morgan fingerprint density at radius 1 is 1.42 bits per heavy atom. The van der Waals surface area contributed by atoms with Crippen molar-refractivity contribution in [3.8, 4) is 5.82 Å². The summed E-state index contributed by atoms with van der Waals surface area (Å²) in [6.45, 7) is 2.46. The molecular weight excluding hydrogens is 244 g/mol. The van der Waals surface area contributed by atoms with E-state index in [0.29, 0.717) is 24.5 Å². The topological polar surface area (TPSA) is 71.2 Å². The van der Waals surface area contributed by atoms with E-state index in [1.54, 1.807) is 53.4 Å². The van der Waals surface area contributed by atoms with E-state index in [0.717, 1.165) is 0 Å². The average molecular weight is 258 g/mol. The zero-order valence-electron chi connectivity index (χ0n) is 10.5. The lowest BCUT2D eigenvalue weighted by atomic mass is 9.96. The fraction of sp³-hybridized carbons (Fsp3) is 0.308. The number of aromatic nitrogens is 3. The summed E-state index contributed by atoms with van der Waals surface area (Å²) in [7, 11) is 0. The van der Waals surface area contributed by atoms with Crippen LogP contribution in [0.4, 0.5) is 0 Å². The van der Waals surface area contributed by atoms with E-state index in [1.807, 2.05) is 0 Å². The first kappa shape index (κ1) is 11.9. The number of hydrogen-bond donors (Lipinski definition) is 1. The van der Waals surface area contributed by atoms with E-state index in [4.69, 9.17) is 0 Å². The van der Waals surface area contributed by atoms with E-state index in [9.17, 15) is 9.90 Å². The molecule has 0 saturated carbocycles. The predicted octanol–water partition coefficient (Wildman–Crippen LogP) is 0.474. The first-order chi connectivity index (χ1) is 9.05. The quantitative estimate of drug-likeness (QED) is 0.850. The molecule has 0 atom stereocenters. The summed E-state index contributed by atoms with van der Waals surface area (Å²) >= 11 is 0. The van der Waals surface area contributed by atoms with Crippen LogP contribution in [0, 0.1) is 0 Å². The van der Waals surface area contributed by atoms with Gasteiger partial charge < -0.3 is 10.0 Å². The monoisotopic (exact) mass is 258 g/mol. The molecule has 19 heavy (non-hydrogen) atoms. The molecule has 1 aliphatic rings. The van der Waals surface area contributed by atoms with Gasteiger partial charge in [-0.3, -0.25) is 9.36 Å². The molecule has 0 bridgehead atoms. The van der Waals surface area contributed by atoms with Gasteiger partial charge in [0.2, 0.25) is 0 Å². The smallest absolute Gasteiger partial charge is 0.255 e. The van der Waals surface area contributed by atoms with Crippen LogP contribution in [0.1, 0.15) is 17.3 Å². The summed E-state index contributed by atoms with van der Waals surface area (Å²) in [4.78, 5) is 21.8. The minimum atomic E-state index is -0.750. The third kappa shape index (κ3) is 2.22. The van der Waals surface area contributed by atoms with Gasteiger partial charge in [0.25, 0.3) is 5.91 Å². The van der Waals surface area contributed by atoms with Crippen LogP contribution in [-0.4, -0.2) is 49.1 Å². The molecule has 0 unspecified atom stereocenters. The molecular formula is C13H14N4O2. The first-order valence-electron chi connectivity index (χ1n) is 6.01. The first-order valence-corrected chi connectivity index (χ1v) is 6.01. The average Bonchev–Trinajstić information content (AvgIpc) is 2.89. The van der Waals surface area contributed by atoms with Crippen molar-refractivity contribution < 1.29 is 9.90 Å². The number of pyridine rings is 1. The molecule has 3 heterocycles. The van der Waals surface area contributed by atoms with E-state index >= 15 is 0 Å². The van der Waals surface area contributed by atoms with Gasteiger partial charge in [-0.2, -0.15) is 0 Å². The number of amides is 1. The predicted molar refractivity (Wildman–Crippen MR) is 67.9 cm³/mol. The van der Waals surface area contributed by atoms with Crippen LogP contribution in [0.25, 0.3) is 5.82 Å². The number of hydrogen-bond acceptors (Lipinski definition) is 4. The zero-order valence-corrected chi connectivity index (χ0v) is 10.5. The largest absolute Gasteiger partial charge is 0.386 e. The summed E-state index contributed by atoms with van der Waals surface area (Å²) in [5, 5.41) is 9.63. The standard InChI is InChI=1S/C13H14N4O2/c1-13(19)7-17(8-13)12(18)10-2-3-11(15-6-10)16-5-4-14-9-16/h2-6,9,19H,7-8H2,1H3. The highest BCUT2D eigenvalue weighted by Gasteiger charge is 2.39. The Hall–Kier alpha value is -2.21. The molecule has 1 saturated heterocycles. The van der Waals surface area contributed by atoms with Crippen LogP contribution < -0.4 is 0 Å². The lowest BCUT2D eigenvalue weighted by Crippen LogP contribution is -2.61. The van der Waals surface area contributed by atoms with Crippen molar-refractivity contribution in [3.63, 3.8) is 0 Å². The second kappa shape index (κ2) is 4.17. The number of rotatable bonds is 2. The van der Waals surface area contributed by atoms with Gasteiger partial charge in [0, 0.05) is 18.6 Å². The lowest BCUT2D eigenvalue weighted by Gasteiger charge is -2.44. The third-order valence-electron chi connectivity index (χ3n) is 3.11. The number of likely N-dealkylation sites (tertiary alicyclic amines) is 1. The van der Waals surface area contributed by atoms with Gasteiger partial charge in [0.05, 0.1) is 24.3 Å².